The molecule has 3 nitrogen and oxygen atoms in total. The van der Waals surface area contributed by atoms with Gasteiger partial charge in [-0.05, 0) is 44.0 Å². The van der Waals surface area contributed by atoms with Gasteiger partial charge < -0.3 is 5.32 Å². The first kappa shape index (κ1) is 11.6. The summed E-state index contributed by atoms with van der Waals surface area (Å²) in [6, 6.07) is 6.15. The Morgan fingerprint density at radius 2 is 1.88 bits per heavy atom. The van der Waals surface area contributed by atoms with Crippen LogP contribution in [0.15, 0.2) is 30.6 Å². The van der Waals surface area contributed by atoms with Crippen molar-refractivity contribution in [1.29, 1.82) is 0 Å². The zero-order valence-electron chi connectivity index (χ0n) is 10.5. The lowest BCUT2D eigenvalue weighted by molar-refractivity contribution is 0.997. The van der Waals surface area contributed by atoms with Gasteiger partial charge in [-0.3, -0.25) is 9.97 Å². The second-order valence-electron chi connectivity index (χ2n) is 4.25. The van der Waals surface area contributed by atoms with Crippen molar-refractivity contribution in [1.82, 2.24) is 9.97 Å². The van der Waals surface area contributed by atoms with E-state index in [2.05, 4.69) is 34.3 Å². The van der Waals surface area contributed by atoms with Crippen molar-refractivity contribution >= 4 is 5.69 Å². The van der Waals surface area contributed by atoms with E-state index < -0.39 is 0 Å². The van der Waals surface area contributed by atoms with E-state index in [0.29, 0.717) is 0 Å². The Bertz CT molecular complexity index is 521. The standard InChI is InChI=1S/C14H17N3/c1-10-4-5-13(17-12(10)3)9-16-14-6-7-15-8-11(14)2/h4-8H,9H2,1-3H3,(H,15,16). The molecule has 17 heavy (non-hydrogen) atoms. The van der Waals surface area contributed by atoms with Gasteiger partial charge in [0.05, 0.1) is 12.2 Å². The molecule has 2 rings (SSSR count). The van der Waals surface area contributed by atoms with Crippen molar-refractivity contribution in [2.45, 2.75) is 27.3 Å². The molecular formula is C14H17N3. The number of hydrogen-bond donors (Lipinski definition) is 1. The van der Waals surface area contributed by atoms with Crippen LogP contribution in [0.25, 0.3) is 0 Å². The molecule has 0 aliphatic carbocycles. The minimum atomic E-state index is 0.742. The van der Waals surface area contributed by atoms with Gasteiger partial charge in [0, 0.05) is 23.8 Å². The molecule has 0 fully saturated rings. The van der Waals surface area contributed by atoms with Crippen LogP contribution in [-0.4, -0.2) is 9.97 Å². The largest absolute Gasteiger partial charge is 0.379 e. The summed E-state index contributed by atoms with van der Waals surface area (Å²) in [5.74, 6) is 0. The van der Waals surface area contributed by atoms with Gasteiger partial charge in [-0.1, -0.05) is 6.07 Å². The maximum absolute atomic E-state index is 4.54. The molecule has 0 unspecified atom stereocenters. The molecule has 0 aromatic carbocycles. The Labute approximate surface area is 102 Å². The molecule has 0 radical (unpaired) electrons. The van der Waals surface area contributed by atoms with E-state index in [-0.39, 0.29) is 0 Å². The van der Waals surface area contributed by atoms with Crippen LogP contribution in [0.5, 0.6) is 0 Å². The molecule has 3 heteroatoms. The summed E-state index contributed by atoms with van der Waals surface area (Å²) in [5.41, 5.74) is 5.64. The van der Waals surface area contributed by atoms with Crippen LogP contribution in [0.3, 0.4) is 0 Å². The van der Waals surface area contributed by atoms with E-state index in [1.807, 2.05) is 26.1 Å². The Hall–Kier alpha value is -1.90. The summed E-state index contributed by atoms with van der Waals surface area (Å²) in [7, 11) is 0. The molecule has 88 valence electrons. The van der Waals surface area contributed by atoms with Gasteiger partial charge in [0.2, 0.25) is 0 Å². The van der Waals surface area contributed by atoms with Gasteiger partial charge in [0.1, 0.15) is 0 Å². The van der Waals surface area contributed by atoms with Gasteiger partial charge in [0.15, 0.2) is 0 Å². The van der Waals surface area contributed by atoms with Crippen LogP contribution in [-0.2, 0) is 6.54 Å². The van der Waals surface area contributed by atoms with Crippen molar-refractivity contribution in [3.05, 3.63) is 53.1 Å². The van der Waals surface area contributed by atoms with Gasteiger partial charge in [-0.15, -0.1) is 0 Å². The zero-order valence-corrected chi connectivity index (χ0v) is 10.5. The molecule has 0 atom stereocenters. The highest BCUT2D eigenvalue weighted by atomic mass is 14.9. The number of pyridine rings is 2. The fraction of sp³-hybridized carbons (Fsp3) is 0.286. The Morgan fingerprint density at radius 1 is 1.06 bits per heavy atom. The number of aromatic nitrogens is 2. The smallest absolute Gasteiger partial charge is 0.0598 e. The molecule has 0 aliphatic heterocycles. The van der Waals surface area contributed by atoms with Gasteiger partial charge in [0.25, 0.3) is 0 Å². The minimum absolute atomic E-state index is 0.742. The molecule has 2 aromatic heterocycles. The highest BCUT2D eigenvalue weighted by molar-refractivity contribution is 5.48. The summed E-state index contributed by atoms with van der Waals surface area (Å²) in [6.45, 7) is 6.90. The summed E-state index contributed by atoms with van der Waals surface area (Å²) >= 11 is 0. The Balaban J connectivity index is 2.08. The van der Waals surface area contributed by atoms with Crippen molar-refractivity contribution in [3.63, 3.8) is 0 Å². The van der Waals surface area contributed by atoms with Crippen molar-refractivity contribution < 1.29 is 0 Å². The first-order chi connectivity index (χ1) is 8.16. The van der Waals surface area contributed by atoms with Crippen molar-refractivity contribution in [3.8, 4) is 0 Å². The number of hydrogen-bond acceptors (Lipinski definition) is 3. The molecule has 2 aromatic rings. The van der Waals surface area contributed by atoms with Crippen LogP contribution in [0.1, 0.15) is 22.5 Å². The van der Waals surface area contributed by atoms with Gasteiger partial charge in [-0.25, -0.2) is 0 Å². The monoisotopic (exact) mass is 227 g/mol. The molecule has 2 heterocycles. The fourth-order valence-electron chi connectivity index (χ4n) is 1.64. The van der Waals surface area contributed by atoms with Crippen LogP contribution >= 0.6 is 0 Å². The number of rotatable bonds is 3. The Morgan fingerprint density at radius 3 is 2.59 bits per heavy atom. The van der Waals surface area contributed by atoms with E-state index in [1.54, 1.807) is 6.20 Å². The van der Waals surface area contributed by atoms with Gasteiger partial charge >= 0.3 is 0 Å². The quantitative estimate of drug-likeness (QED) is 0.875. The normalized spacial score (nSPS) is 10.3. The Kier molecular flexibility index (Phi) is 3.38. The van der Waals surface area contributed by atoms with Crippen molar-refractivity contribution in [2.75, 3.05) is 5.32 Å². The molecule has 0 amide bonds. The van der Waals surface area contributed by atoms with E-state index in [4.69, 9.17) is 0 Å². The summed E-state index contributed by atoms with van der Waals surface area (Å²) in [5, 5.41) is 3.37. The van der Waals surface area contributed by atoms with Crippen LogP contribution in [0.4, 0.5) is 5.69 Å². The molecule has 0 bridgehead atoms. The average Bonchev–Trinajstić information content (AvgIpc) is 2.32. The van der Waals surface area contributed by atoms with Crippen LogP contribution < -0.4 is 5.32 Å². The first-order valence-corrected chi connectivity index (χ1v) is 5.74. The van der Waals surface area contributed by atoms with Gasteiger partial charge in [-0.2, -0.15) is 0 Å². The second kappa shape index (κ2) is 4.95. The second-order valence-corrected chi connectivity index (χ2v) is 4.25. The predicted octanol–water partition coefficient (Wildman–Crippen LogP) is 3.01. The fourth-order valence-corrected chi connectivity index (χ4v) is 1.64. The van der Waals surface area contributed by atoms with E-state index in [9.17, 15) is 0 Å². The highest BCUT2D eigenvalue weighted by Crippen LogP contribution is 2.13. The summed E-state index contributed by atoms with van der Waals surface area (Å²) in [4.78, 5) is 8.61. The van der Waals surface area contributed by atoms with E-state index in [0.717, 1.165) is 29.2 Å². The maximum Gasteiger partial charge on any atom is 0.0598 e. The molecule has 0 spiro atoms. The summed E-state index contributed by atoms with van der Waals surface area (Å²) < 4.78 is 0. The van der Waals surface area contributed by atoms with E-state index >= 15 is 0 Å². The third-order valence-corrected chi connectivity index (χ3v) is 2.89. The van der Waals surface area contributed by atoms with E-state index in [1.165, 1.54) is 5.56 Å². The molecule has 1 N–H and O–H groups in total. The number of anilines is 1. The molecule has 0 aliphatic rings. The average molecular weight is 227 g/mol. The third-order valence-electron chi connectivity index (χ3n) is 2.89. The lowest BCUT2D eigenvalue weighted by Crippen LogP contribution is -2.04. The topological polar surface area (TPSA) is 37.8 Å². The molecule has 0 saturated heterocycles. The number of aryl methyl sites for hydroxylation is 3. The van der Waals surface area contributed by atoms with Crippen molar-refractivity contribution in [2.24, 2.45) is 0 Å². The number of nitrogens with zero attached hydrogens (tertiary/aromatic N) is 2. The SMILES string of the molecule is Cc1cnccc1NCc1ccc(C)c(C)n1. The maximum atomic E-state index is 4.54. The lowest BCUT2D eigenvalue weighted by atomic mass is 10.2. The minimum Gasteiger partial charge on any atom is -0.379 e. The van der Waals surface area contributed by atoms with Crippen LogP contribution in [0, 0.1) is 20.8 Å². The molecular weight excluding hydrogens is 210 g/mol. The summed E-state index contributed by atoms with van der Waals surface area (Å²) in [6.07, 6.45) is 3.65. The number of nitrogens with one attached hydrogen (secondary N) is 1. The first-order valence-electron chi connectivity index (χ1n) is 5.74. The predicted molar refractivity (Wildman–Crippen MR) is 70.0 cm³/mol. The van der Waals surface area contributed by atoms with Crippen LogP contribution in [0.2, 0.25) is 0 Å². The third kappa shape index (κ3) is 2.81. The zero-order chi connectivity index (χ0) is 12.3. The lowest BCUT2D eigenvalue weighted by Gasteiger charge is -2.09. The highest BCUT2D eigenvalue weighted by Gasteiger charge is 2.00. The molecule has 0 saturated carbocycles.